The average Bonchev–Trinajstić information content (AvgIpc) is 2.22. The van der Waals surface area contributed by atoms with E-state index in [0.717, 1.165) is 19.3 Å². The van der Waals surface area contributed by atoms with Crippen molar-refractivity contribution in [1.29, 1.82) is 0 Å². The Morgan fingerprint density at radius 3 is 1.80 bits per heavy atom. The Morgan fingerprint density at radius 1 is 0.867 bits per heavy atom. The lowest BCUT2D eigenvalue weighted by Crippen LogP contribution is -2.20. The first-order valence-electron chi connectivity index (χ1n) is 6.11. The number of aliphatic hydroxyl groups excluding tert-OH is 1. The highest BCUT2D eigenvalue weighted by molar-refractivity contribution is 4.63. The van der Waals surface area contributed by atoms with Crippen LogP contribution in [0.1, 0.15) is 64.7 Å². The lowest BCUT2D eigenvalue weighted by atomic mass is 10.1. The lowest BCUT2D eigenvalue weighted by molar-refractivity contribution is -0.0578. The molecule has 3 heteroatoms. The summed E-state index contributed by atoms with van der Waals surface area (Å²) in [5.41, 5.74) is 0. The first kappa shape index (κ1) is 14.8. The van der Waals surface area contributed by atoms with Crippen molar-refractivity contribution in [1.82, 2.24) is 0 Å². The summed E-state index contributed by atoms with van der Waals surface area (Å²) in [6.45, 7) is 1.17. The van der Waals surface area contributed by atoms with Crippen molar-refractivity contribution in [3.05, 3.63) is 0 Å². The van der Waals surface area contributed by atoms with Crippen LogP contribution in [-0.2, 0) is 0 Å². The van der Waals surface area contributed by atoms with Gasteiger partial charge in [0.25, 0.3) is 5.92 Å². The van der Waals surface area contributed by atoms with E-state index in [4.69, 9.17) is 5.11 Å². The van der Waals surface area contributed by atoms with Crippen LogP contribution in [0.25, 0.3) is 0 Å². The first-order chi connectivity index (χ1) is 7.12. The van der Waals surface area contributed by atoms with E-state index in [1.807, 2.05) is 0 Å². The number of halogens is 2. The minimum absolute atomic E-state index is 0.168. The van der Waals surface area contributed by atoms with Crippen molar-refractivity contribution in [3.8, 4) is 0 Å². The maximum atomic E-state index is 12.6. The molecule has 0 heterocycles. The zero-order valence-electron chi connectivity index (χ0n) is 9.77. The van der Waals surface area contributed by atoms with Crippen molar-refractivity contribution < 1.29 is 13.9 Å². The summed E-state index contributed by atoms with van der Waals surface area (Å²) in [4.78, 5) is 0. The van der Waals surface area contributed by atoms with Crippen molar-refractivity contribution in [2.75, 3.05) is 6.61 Å². The molecule has 0 radical (unpaired) electrons. The van der Waals surface area contributed by atoms with E-state index in [1.165, 1.54) is 25.7 Å². The van der Waals surface area contributed by atoms with Gasteiger partial charge in [-0.25, -0.2) is 8.78 Å². The van der Waals surface area contributed by atoms with Crippen LogP contribution >= 0.6 is 0 Å². The van der Waals surface area contributed by atoms with Gasteiger partial charge in [0.05, 0.1) is 0 Å². The second-order valence-electron chi connectivity index (χ2n) is 4.24. The van der Waals surface area contributed by atoms with Gasteiger partial charge in [-0.1, -0.05) is 51.9 Å². The summed E-state index contributed by atoms with van der Waals surface area (Å²) < 4.78 is 25.2. The topological polar surface area (TPSA) is 20.2 Å². The molecule has 0 atom stereocenters. The average molecular weight is 222 g/mol. The van der Waals surface area contributed by atoms with E-state index in [0.29, 0.717) is 6.42 Å². The monoisotopic (exact) mass is 222 g/mol. The highest BCUT2D eigenvalue weighted by Gasteiger charge is 2.26. The molecular weight excluding hydrogens is 198 g/mol. The summed E-state index contributed by atoms with van der Waals surface area (Å²) in [6.07, 6.45) is 8.44. The Hall–Kier alpha value is -0.180. The molecule has 0 aromatic carbocycles. The summed E-state index contributed by atoms with van der Waals surface area (Å²) in [6, 6.07) is 0. The third-order valence-corrected chi connectivity index (χ3v) is 2.63. The third-order valence-electron chi connectivity index (χ3n) is 2.63. The van der Waals surface area contributed by atoms with Gasteiger partial charge >= 0.3 is 0 Å². The number of rotatable bonds is 10. The Kier molecular flexibility index (Phi) is 8.97. The zero-order valence-corrected chi connectivity index (χ0v) is 9.77. The second-order valence-corrected chi connectivity index (χ2v) is 4.24. The van der Waals surface area contributed by atoms with Crippen LogP contribution in [0.2, 0.25) is 0 Å². The highest BCUT2D eigenvalue weighted by atomic mass is 19.3. The molecule has 0 fully saturated rings. The van der Waals surface area contributed by atoms with Gasteiger partial charge in [-0.3, -0.25) is 0 Å². The van der Waals surface area contributed by atoms with E-state index < -0.39 is 12.5 Å². The molecule has 0 saturated heterocycles. The molecule has 0 aromatic heterocycles. The minimum atomic E-state index is -2.86. The first-order valence-corrected chi connectivity index (χ1v) is 6.11. The molecule has 0 aliphatic heterocycles. The van der Waals surface area contributed by atoms with Crippen LogP contribution in [0.15, 0.2) is 0 Å². The number of unbranched alkanes of at least 4 members (excludes halogenated alkanes) is 7. The molecule has 1 nitrogen and oxygen atoms in total. The Bertz CT molecular complexity index is 138. The van der Waals surface area contributed by atoms with Gasteiger partial charge in [0, 0.05) is 6.42 Å². The smallest absolute Gasteiger partial charge is 0.270 e. The molecule has 0 aliphatic carbocycles. The second kappa shape index (κ2) is 9.08. The predicted octanol–water partition coefficient (Wildman–Crippen LogP) is 4.14. The zero-order chi connectivity index (χ0) is 11.6. The summed E-state index contributed by atoms with van der Waals surface area (Å²) in [5, 5.41) is 8.34. The fraction of sp³-hybridized carbons (Fsp3) is 1.00. The number of aliphatic hydroxyl groups is 1. The highest BCUT2D eigenvalue weighted by Crippen LogP contribution is 2.21. The predicted molar refractivity (Wildman–Crippen MR) is 59.3 cm³/mol. The standard InChI is InChI=1S/C12H24F2O/c1-2-3-4-5-6-7-8-9-10-12(13,14)11-15/h15H,2-11H2,1H3. The molecule has 0 rings (SSSR count). The number of alkyl halides is 2. The van der Waals surface area contributed by atoms with Gasteiger partial charge < -0.3 is 5.11 Å². The van der Waals surface area contributed by atoms with Gasteiger partial charge in [-0.05, 0) is 6.42 Å². The van der Waals surface area contributed by atoms with Crippen LogP contribution in [0.3, 0.4) is 0 Å². The molecule has 0 bridgehead atoms. The van der Waals surface area contributed by atoms with Crippen LogP contribution in [0, 0.1) is 0 Å². The lowest BCUT2D eigenvalue weighted by Gasteiger charge is -2.12. The molecule has 92 valence electrons. The largest absolute Gasteiger partial charge is 0.390 e. The van der Waals surface area contributed by atoms with E-state index >= 15 is 0 Å². The normalized spacial score (nSPS) is 12.0. The molecule has 1 N–H and O–H groups in total. The summed E-state index contributed by atoms with van der Waals surface area (Å²) in [7, 11) is 0. The molecule has 0 unspecified atom stereocenters. The van der Waals surface area contributed by atoms with E-state index in [-0.39, 0.29) is 6.42 Å². The van der Waals surface area contributed by atoms with Crippen molar-refractivity contribution in [2.24, 2.45) is 0 Å². The fourth-order valence-corrected chi connectivity index (χ4v) is 1.60. The van der Waals surface area contributed by atoms with Crippen LogP contribution in [-0.4, -0.2) is 17.6 Å². The number of hydrogen-bond donors (Lipinski definition) is 1. The van der Waals surface area contributed by atoms with Crippen molar-refractivity contribution in [3.63, 3.8) is 0 Å². The molecule has 0 saturated carbocycles. The summed E-state index contributed by atoms with van der Waals surface area (Å²) in [5.74, 6) is -2.86. The van der Waals surface area contributed by atoms with E-state index in [2.05, 4.69) is 6.92 Å². The van der Waals surface area contributed by atoms with Gasteiger partial charge in [0.1, 0.15) is 6.61 Å². The van der Waals surface area contributed by atoms with Crippen LogP contribution < -0.4 is 0 Å². The van der Waals surface area contributed by atoms with Gasteiger partial charge in [0.15, 0.2) is 0 Å². The molecule has 0 aromatic rings. The van der Waals surface area contributed by atoms with E-state index in [9.17, 15) is 8.78 Å². The minimum Gasteiger partial charge on any atom is -0.390 e. The SMILES string of the molecule is CCCCCCCCCCC(F)(F)CO. The molecule has 15 heavy (non-hydrogen) atoms. The van der Waals surface area contributed by atoms with Gasteiger partial charge in [-0.2, -0.15) is 0 Å². The quantitative estimate of drug-likeness (QED) is 0.551. The fourth-order valence-electron chi connectivity index (χ4n) is 1.60. The van der Waals surface area contributed by atoms with Crippen molar-refractivity contribution in [2.45, 2.75) is 70.6 Å². The van der Waals surface area contributed by atoms with E-state index in [1.54, 1.807) is 0 Å². The van der Waals surface area contributed by atoms with Gasteiger partial charge in [0.2, 0.25) is 0 Å². The third kappa shape index (κ3) is 10.1. The van der Waals surface area contributed by atoms with Crippen LogP contribution in [0.4, 0.5) is 8.78 Å². The van der Waals surface area contributed by atoms with Crippen molar-refractivity contribution >= 4 is 0 Å². The molecule has 0 amide bonds. The number of hydrogen-bond acceptors (Lipinski definition) is 1. The van der Waals surface area contributed by atoms with Crippen LogP contribution in [0.5, 0.6) is 0 Å². The summed E-state index contributed by atoms with van der Waals surface area (Å²) >= 11 is 0. The molecule has 0 spiro atoms. The maximum Gasteiger partial charge on any atom is 0.270 e. The molecular formula is C12H24F2O. The Morgan fingerprint density at radius 2 is 1.33 bits per heavy atom. The van der Waals surface area contributed by atoms with Gasteiger partial charge in [-0.15, -0.1) is 0 Å². The Balaban J connectivity index is 3.11. The maximum absolute atomic E-state index is 12.6. The molecule has 0 aliphatic rings. The Labute approximate surface area is 91.9 Å².